The molecule has 1 amide bonds. The highest BCUT2D eigenvalue weighted by atomic mass is 16.3. The quantitative estimate of drug-likeness (QED) is 0.641. The van der Waals surface area contributed by atoms with Crippen LogP contribution in [0.5, 0.6) is 0 Å². The molecule has 0 unspecified atom stereocenters. The van der Waals surface area contributed by atoms with Crippen molar-refractivity contribution in [2.75, 3.05) is 33.3 Å². The van der Waals surface area contributed by atoms with E-state index in [0.717, 1.165) is 6.54 Å². The third kappa shape index (κ3) is 5.19. The monoisotopic (exact) mass is 202 g/mol. The van der Waals surface area contributed by atoms with Crippen molar-refractivity contribution >= 4 is 5.91 Å². The summed E-state index contributed by atoms with van der Waals surface area (Å²) >= 11 is 0. The van der Waals surface area contributed by atoms with Crippen molar-refractivity contribution < 1.29 is 9.90 Å². The molecule has 0 aliphatic carbocycles. The molecular formula is C10H22N2O2. The first kappa shape index (κ1) is 13.4. The summed E-state index contributed by atoms with van der Waals surface area (Å²) in [5.74, 6) is 0.0845. The van der Waals surface area contributed by atoms with E-state index in [9.17, 15) is 4.79 Å². The van der Waals surface area contributed by atoms with Crippen LogP contribution in [0, 0.1) is 5.41 Å². The molecule has 2 N–H and O–H groups in total. The maximum atomic E-state index is 11.3. The van der Waals surface area contributed by atoms with Gasteiger partial charge in [-0.15, -0.1) is 0 Å². The summed E-state index contributed by atoms with van der Waals surface area (Å²) in [6.45, 7) is 7.68. The number of amides is 1. The van der Waals surface area contributed by atoms with Crippen molar-refractivity contribution in [2.24, 2.45) is 5.41 Å². The average molecular weight is 202 g/mol. The van der Waals surface area contributed by atoms with E-state index in [2.05, 4.69) is 5.32 Å². The molecule has 0 saturated heterocycles. The summed E-state index contributed by atoms with van der Waals surface area (Å²) in [5.41, 5.74) is -0.162. The smallest absolute Gasteiger partial charge is 0.236 e. The predicted molar refractivity (Wildman–Crippen MR) is 57.0 cm³/mol. The largest absolute Gasteiger partial charge is 0.396 e. The highest BCUT2D eigenvalue weighted by Crippen LogP contribution is 2.10. The molecule has 0 rings (SSSR count). The van der Waals surface area contributed by atoms with E-state index < -0.39 is 0 Å². The molecule has 0 radical (unpaired) electrons. The molecule has 14 heavy (non-hydrogen) atoms. The maximum Gasteiger partial charge on any atom is 0.236 e. The number of nitrogens with zero attached hydrogens (tertiary/aromatic N) is 1. The number of nitrogens with one attached hydrogen (secondary N) is 1. The van der Waals surface area contributed by atoms with Gasteiger partial charge >= 0.3 is 0 Å². The molecule has 0 heterocycles. The molecule has 4 heteroatoms. The van der Waals surface area contributed by atoms with E-state index in [0.29, 0.717) is 13.1 Å². The van der Waals surface area contributed by atoms with Crippen molar-refractivity contribution in [3.8, 4) is 0 Å². The number of aliphatic hydroxyl groups excluding tert-OH is 1. The molecular weight excluding hydrogens is 180 g/mol. The number of carbonyl (C=O) groups is 1. The minimum absolute atomic E-state index is 0.0845. The standard InChI is InChI=1S/C10H22N2O2/c1-5-12(4)9(14)6-11-7-10(2,3)8-13/h11,13H,5-8H2,1-4H3. The van der Waals surface area contributed by atoms with E-state index >= 15 is 0 Å². The van der Waals surface area contributed by atoms with Crippen LogP contribution >= 0.6 is 0 Å². The molecule has 0 atom stereocenters. The molecule has 84 valence electrons. The van der Waals surface area contributed by atoms with Crippen LogP contribution in [0.3, 0.4) is 0 Å². The maximum absolute atomic E-state index is 11.3. The third-order valence-corrected chi connectivity index (χ3v) is 2.21. The molecule has 0 saturated carbocycles. The Balaban J connectivity index is 3.69. The summed E-state index contributed by atoms with van der Waals surface area (Å²) in [6.07, 6.45) is 0. The van der Waals surface area contributed by atoms with Crippen molar-refractivity contribution in [3.63, 3.8) is 0 Å². The summed E-state index contributed by atoms with van der Waals surface area (Å²) < 4.78 is 0. The zero-order valence-corrected chi connectivity index (χ0v) is 9.63. The SMILES string of the molecule is CCN(C)C(=O)CNCC(C)(C)CO. The highest BCUT2D eigenvalue weighted by Gasteiger charge is 2.16. The van der Waals surface area contributed by atoms with Crippen molar-refractivity contribution in [1.29, 1.82) is 0 Å². The lowest BCUT2D eigenvalue weighted by Crippen LogP contribution is -2.40. The molecule has 0 aromatic heterocycles. The Hall–Kier alpha value is -0.610. The first-order chi connectivity index (χ1) is 6.43. The van der Waals surface area contributed by atoms with Crippen molar-refractivity contribution in [2.45, 2.75) is 20.8 Å². The molecule has 0 aliphatic heterocycles. The molecule has 0 aliphatic rings. The molecule has 4 nitrogen and oxygen atoms in total. The molecule has 0 spiro atoms. The van der Waals surface area contributed by atoms with E-state index in [-0.39, 0.29) is 17.9 Å². The minimum atomic E-state index is -0.162. The van der Waals surface area contributed by atoms with E-state index in [1.54, 1.807) is 11.9 Å². The Morgan fingerprint density at radius 1 is 1.50 bits per heavy atom. The van der Waals surface area contributed by atoms with Gasteiger partial charge in [-0.25, -0.2) is 0 Å². The van der Waals surface area contributed by atoms with Gasteiger partial charge in [0.1, 0.15) is 0 Å². The predicted octanol–water partition coefficient (Wildman–Crippen LogP) is 0.0728. The van der Waals surface area contributed by atoms with Crippen LogP contribution in [-0.2, 0) is 4.79 Å². The Morgan fingerprint density at radius 3 is 2.50 bits per heavy atom. The summed E-state index contributed by atoms with van der Waals surface area (Å²) in [4.78, 5) is 13.0. The lowest BCUT2D eigenvalue weighted by molar-refractivity contribution is -0.128. The van der Waals surface area contributed by atoms with Gasteiger partial charge in [0.2, 0.25) is 5.91 Å². The first-order valence-corrected chi connectivity index (χ1v) is 4.98. The lowest BCUT2D eigenvalue weighted by Gasteiger charge is -2.22. The van der Waals surface area contributed by atoms with Crippen molar-refractivity contribution in [1.82, 2.24) is 10.2 Å². The van der Waals surface area contributed by atoms with Gasteiger partial charge in [0.25, 0.3) is 0 Å². The van der Waals surface area contributed by atoms with Crippen LogP contribution in [-0.4, -0.2) is 49.2 Å². The number of likely N-dealkylation sites (N-methyl/N-ethyl adjacent to an activating group) is 1. The zero-order valence-electron chi connectivity index (χ0n) is 9.63. The fourth-order valence-electron chi connectivity index (χ4n) is 0.875. The van der Waals surface area contributed by atoms with Crippen LogP contribution in [0.15, 0.2) is 0 Å². The minimum Gasteiger partial charge on any atom is -0.396 e. The normalized spacial score (nSPS) is 11.5. The van der Waals surface area contributed by atoms with Gasteiger partial charge in [-0.05, 0) is 6.92 Å². The van der Waals surface area contributed by atoms with Crippen molar-refractivity contribution in [3.05, 3.63) is 0 Å². The second kappa shape index (κ2) is 5.98. The number of hydrogen-bond donors (Lipinski definition) is 2. The number of aliphatic hydroxyl groups is 1. The van der Waals surface area contributed by atoms with E-state index in [1.807, 2.05) is 20.8 Å². The Bertz CT molecular complexity index is 181. The topological polar surface area (TPSA) is 52.6 Å². The van der Waals surface area contributed by atoms with E-state index in [4.69, 9.17) is 5.11 Å². The highest BCUT2D eigenvalue weighted by molar-refractivity contribution is 5.77. The van der Waals surface area contributed by atoms with Gasteiger partial charge in [-0.2, -0.15) is 0 Å². The first-order valence-electron chi connectivity index (χ1n) is 4.98. The average Bonchev–Trinajstić information content (AvgIpc) is 2.16. The van der Waals surface area contributed by atoms with Gasteiger partial charge < -0.3 is 15.3 Å². The fourth-order valence-corrected chi connectivity index (χ4v) is 0.875. The van der Waals surface area contributed by atoms with Gasteiger partial charge in [0.15, 0.2) is 0 Å². The lowest BCUT2D eigenvalue weighted by atomic mass is 9.95. The van der Waals surface area contributed by atoms with Crippen LogP contribution in [0.2, 0.25) is 0 Å². The molecule has 0 bridgehead atoms. The zero-order chi connectivity index (χ0) is 11.2. The van der Waals surface area contributed by atoms with Crippen LogP contribution in [0.4, 0.5) is 0 Å². The second-order valence-electron chi connectivity index (χ2n) is 4.33. The number of hydrogen-bond acceptors (Lipinski definition) is 3. The van der Waals surface area contributed by atoms with Crippen LogP contribution in [0.25, 0.3) is 0 Å². The third-order valence-electron chi connectivity index (χ3n) is 2.21. The number of rotatable bonds is 6. The van der Waals surface area contributed by atoms with Gasteiger partial charge in [0, 0.05) is 32.2 Å². The van der Waals surface area contributed by atoms with E-state index in [1.165, 1.54) is 0 Å². The summed E-state index contributed by atoms with van der Waals surface area (Å²) in [6, 6.07) is 0. The second-order valence-corrected chi connectivity index (χ2v) is 4.33. The fraction of sp³-hybridized carbons (Fsp3) is 0.900. The van der Waals surface area contributed by atoms with Gasteiger partial charge in [0.05, 0.1) is 6.54 Å². The van der Waals surface area contributed by atoms with Gasteiger partial charge in [-0.1, -0.05) is 13.8 Å². The summed E-state index contributed by atoms with van der Waals surface area (Å²) in [7, 11) is 1.78. The Kier molecular flexibility index (Phi) is 5.72. The molecule has 0 aromatic carbocycles. The van der Waals surface area contributed by atoms with Crippen LogP contribution in [0.1, 0.15) is 20.8 Å². The van der Waals surface area contributed by atoms with Gasteiger partial charge in [-0.3, -0.25) is 4.79 Å². The Morgan fingerprint density at radius 2 is 2.07 bits per heavy atom. The van der Waals surface area contributed by atoms with Crippen LogP contribution < -0.4 is 5.32 Å². The Labute approximate surface area is 86.3 Å². The summed E-state index contributed by atoms with van der Waals surface area (Å²) in [5, 5.41) is 12.0. The molecule has 0 aromatic rings. The number of carbonyl (C=O) groups excluding carboxylic acids is 1. The molecule has 0 fully saturated rings.